The van der Waals surface area contributed by atoms with E-state index in [1.54, 1.807) is 0 Å². The normalized spacial score (nSPS) is 23.0. The van der Waals surface area contributed by atoms with Gasteiger partial charge in [0.1, 0.15) is 0 Å². The van der Waals surface area contributed by atoms with Crippen molar-refractivity contribution in [1.82, 2.24) is 4.90 Å². The van der Waals surface area contributed by atoms with Crippen molar-refractivity contribution in [2.24, 2.45) is 0 Å². The SMILES string of the molecule is O=C(C1CO1)N1Cc2cc(Cl)ccc2CC1c1ccccc1. The number of epoxide rings is 1. The van der Waals surface area contributed by atoms with Crippen molar-refractivity contribution >= 4 is 17.5 Å². The molecule has 0 spiro atoms. The number of carbonyl (C=O) groups is 1. The van der Waals surface area contributed by atoms with Gasteiger partial charge in [0.15, 0.2) is 6.10 Å². The van der Waals surface area contributed by atoms with Crippen LogP contribution in [-0.2, 0) is 22.5 Å². The standard InChI is InChI=1S/C18H16ClNO2/c19-15-7-6-13-9-16(12-4-2-1-3-5-12)20(10-14(13)8-15)18(21)17-11-22-17/h1-8,16-17H,9-11H2. The molecule has 0 N–H and O–H groups in total. The molecular weight excluding hydrogens is 298 g/mol. The second-order valence-corrected chi connectivity index (χ2v) is 6.27. The maximum absolute atomic E-state index is 12.6. The minimum absolute atomic E-state index is 0.0616. The zero-order valence-electron chi connectivity index (χ0n) is 12.0. The van der Waals surface area contributed by atoms with E-state index in [1.165, 1.54) is 5.56 Å². The molecular formula is C18H16ClNO2. The number of fused-ring (bicyclic) bond motifs is 1. The van der Waals surface area contributed by atoms with E-state index in [4.69, 9.17) is 16.3 Å². The molecule has 2 aromatic carbocycles. The van der Waals surface area contributed by atoms with Crippen molar-refractivity contribution in [3.05, 3.63) is 70.2 Å². The summed E-state index contributed by atoms with van der Waals surface area (Å²) in [5.74, 6) is 0.0829. The number of hydrogen-bond donors (Lipinski definition) is 0. The highest BCUT2D eigenvalue weighted by atomic mass is 35.5. The fourth-order valence-corrected chi connectivity index (χ4v) is 3.33. The quantitative estimate of drug-likeness (QED) is 0.796. The zero-order valence-corrected chi connectivity index (χ0v) is 12.8. The molecule has 0 aromatic heterocycles. The van der Waals surface area contributed by atoms with Gasteiger partial charge >= 0.3 is 0 Å². The first-order valence-corrected chi connectivity index (χ1v) is 7.84. The van der Waals surface area contributed by atoms with Gasteiger partial charge in [-0.3, -0.25) is 4.79 Å². The van der Waals surface area contributed by atoms with Crippen molar-refractivity contribution in [1.29, 1.82) is 0 Å². The molecule has 3 nitrogen and oxygen atoms in total. The van der Waals surface area contributed by atoms with Crippen molar-refractivity contribution in [2.75, 3.05) is 6.61 Å². The summed E-state index contributed by atoms with van der Waals surface area (Å²) in [4.78, 5) is 14.5. The van der Waals surface area contributed by atoms with Crippen LogP contribution in [0.2, 0.25) is 5.02 Å². The van der Waals surface area contributed by atoms with Crippen LogP contribution in [0.1, 0.15) is 22.7 Å². The van der Waals surface area contributed by atoms with Gasteiger partial charge in [-0.2, -0.15) is 0 Å². The molecule has 2 heterocycles. The van der Waals surface area contributed by atoms with Crippen LogP contribution in [0.15, 0.2) is 48.5 Å². The molecule has 1 amide bonds. The van der Waals surface area contributed by atoms with E-state index in [0.717, 1.165) is 17.5 Å². The van der Waals surface area contributed by atoms with Crippen LogP contribution in [0, 0.1) is 0 Å². The molecule has 2 aliphatic rings. The van der Waals surface area contributed by atoms with Crippen LogP contribution >= 0.6 is 11.6 Å². The Balaban J connectivity index is 1.73. The Kier molecular flexibility index (Phi) is 3.40. The van der Waals surface area contributed by atoms with Gasteiger partial charge in [-0.05, 0) is 35.2 Å². The summed E-state index contributed by atoms with van der Waals surface area (Å²) >= 11 is 6.10. The van der Waals surface area contributed by atoms with Crippen molar-refractivity contribution < 1.29 is 9.53 Å². The maximum Gasteiger partial charge on any atom is 0.254 e. The summed E-state index contributed by atoms with van der Waals surface area (Å²) in [6, 6.07) is 16.2. The van der Waals surface area contributed by atoms with E-state index >= 15 is 0 Å². The van der Waals surface area contributed by atoms with E-state index in [9.17, 15) is 4.79 Å². The second-order valence-electron chi connectivity index (χ2n) is 5.83. The maximum atomic E-state index is 12.6. The number of benzene rings is 2. The minimum atomic E-state index is -0.257. The number of halogens is 1. The number of nitrogens with zero attached hydrogens (tertiary/aromatic N) is 1. The topological polar surface area (TPSA) is 32.8 Å². The molecule has 2 atom stereocenters. The smallest absolute Gasteiger partial charge is 0.254 e. The van der Waals surface area contributed by atoms with Crippen LogP contribution in [0.3, 0.4) is 0 Å². The van der Waals surface area contributed by atoms with Crippen LogP contribution in [0.5, 0.6) is 0 Å². The Bertz CT molecular complexity index is 712. The van der Waals surface area contributed by atoms with E-state index in [0.29, 0.717) is 18.2 Å². The molecule has 0 aliphatic carbocycles. The monoisotopic (exact) mass is 313 g/mol. The van der Waals surface area contributed by atoms with Gasteiger partial charge in [0.05, 0.1) is 12.6 Å². The number of rotatable bonds is 2. The molecule has 0 bridgehead atoms. The lowest BCUT2D eigenvalue weighted by atomic mass is 9.89. The predicted octanol–water partition coefficient (Wildman–Crippen LogP) is 3.36. The van der Waals surface area contributed by atoms with Gasteiger partial charge in [0.2, 0.25) is 0 Å². The molecule has 0 saturated carbocycles. The Hall–Kier alpha value is -1.84. The Labute approximate surface area is 134 Å². The van der Waals surface area contributed by atoms with Crippen LogP contribution in [0.25, 0.3) is 0 Å². The number of carbonyl (C=O) groups excluding carboxylic acids is 1. The highest BCUT2D eigenvalue weighted by Crippen LogP contribution is 2.35. The summed E-state index contributed by atoms with van der Waals surface area (Å²) in [5, 5.41) is 0.715. The fraction of sp³-hybridized carbons (Fsp3) is 0.278. The van der Waals surface area contributed by atoms with Gasteiger partial charge in [0.25, 0.3) is 5.91 Å². The lowest BCUT2D eigenvalue weighted by Gasteiger charge is -2.37. The minimum Gasteiger partial charge on any atom is -0.363 e. The first-order valence-electron chi connectivity index (χ1n) is 7.47. The lowest BCUT2D eigenvalue weighted by molar-refractivity contribution is -0.136. The molecule has 0 radical (unpaired) electrons. The third kappa shape index (κ3) is 2.51. The average Bonchev–Trinajstić information content (AvgIpc) is 3.38. The van der Waals surface area contributed by atoms with Gasteiger partial charge in [-0.25, -0.2) is 0 Å². The van der Waals surface area contributed by atoms with Crippen molar-refractivity contribution in [3.63, 3.8) is 0 Å². The zero-order chi connectivity index (χ0) is 15.1. The first-order chi connectivity index (χ1) is 10.7. The summed E-state index contributed by atoms with van der Waals surface area (Å²) in [6.45, 7) is 1.13. The number of amides is 1. The fourth-order valence-electron chi connectivity index (χ4n) is 3.13. The number of ether oxygens (including phenoxy) is 1. The molecule has 4 rings (SSSR count). The van der Waals surface area contributed by atoms with Gasteiger partial charge in [-0.1, -0.05) is 48.0 Å². The molecule has 2 aromatic rings. The molecule has 112 valence electrons. The Morgan fingerprint density at radius 1 is 1.14 bits per heavy atom. The van der Waals surface area contributed by atoms with Crippen molar-refractivity contribution in [2.45, 2.75) is 25.1 Å². The van der Waals surface area contributed by atoms with Crippen LogP contribution < -0.4 is 0 Å². The lowest BCUT2D eigenvalue weighted by Crippen LogP contribution is -2.41. The van der Waals surface area contributed by atoms with Gasteiger partial charge < -0.3 is 9.64 Å². The molecule has 1 fully saturated rings. The molecule has 2 aliphatic heterocycles. The second kappa shape index (κ2) is 5.41. The highest BCUT2D eigenvalue weighted by Gasteiger charge is 2.40. The Morgan fingerprint density at radius 3 is 2.64 bits per heavy atom. The average molecular weight is 314 g/mol. The summed E-state index contributed by atoms with van der Waals surface area (Å²) in [7, 11) is 0. The third-order valence-corrected chi connectivity index (χ3v) is 4.61. The van der Waals surface area contributed by atoms with Gasteiger partial charge in [-0.15, -0.1) is 0 Å². The largest absolute Gasteiger partial charge is 0.363 e. The van der Waals surface area contributed by atoms with E-state index in [1.807, 2.05) is 35.2 Å². The Morgan fingerprint density at radius 2 is 1.91 bits per heavy atom. The number of hydrogen-bond acceptors (Lipinski definition) is 2. The van der Waals surface area contributed by atoms with Crippen LogP contribution in [0.4, 0.5) is 0 Å². The summed E-state index contributed by atoms with van der Waals surface area (Å²) in [6.07, 6.45) is 0.557. The molecule has 22 heavy (non-hydrogen) atoms. The first kappa shape index (κ1) is 13.8. The molecule has 4 heteroatoms. The third-order valence-electron chi connectivity index (χ3n) is 4.37. The predicted molar refractivity (Wildman–Crippen MR) is 84.6 cm³/mol. The van der Waals surface area contributed by atoms with E-state index in [2.05, 4.69) is 18.2 Å². The van der Waals surface area contributed by atoms with Gasteiger partial charge in [0, 0.05) is 11.6 Å². The van der Waals surface area contributed by atoms with Crippen molar-refractivity contribution in [3.8, 4) is 0 Å². The summed E-state index contributed by atoms with van der Waals surface area (Å²) < 4.78 is 5.20. The highest BCUT2D eigenvalue weighted by molar-refractivity contribution is 6.30. The molecule has 1 saturated heterocycles. The van der Waals surface area contributed by atoms with E-state index < -0.39 is 0 Å². The van der Waals surface area contributed by atoms with E-state index in [-0.39, 0.29) is 18.1 Å². The summed E-state index contributed by atoms with van der Waals surface area (Å²) in [5.41, 5.74) is 3.56. The van der Waals surface area contributed by atoms with Crippen LogP contribution in [-0.4, -0.2) is 23.5 Å². The molecule has 2 unspecified atom stereocenters.